The Kier molecular flexibility index (Phi) is 5.53. The van der Waals surface area contributed by atoms with Crippen LogP contribution in [-0.4, -0.2) is 36.1 Å². The molecule has 1 heterocycles. The van der Waals surface area contributed by atoms with E-state index in [9.17, 15) is 9.59 Å². The van der Waals surface area contributed by atoms with Gasteiger partial charge in [0.05, 0.1) is 5.02 Å². The molecular formula is C15H19ClN2O2S. The molecule has 0 spiro atoms. The third kappa shape index (κ3) is 4.14. The topological polar surface area (TPSA) is 49.4 Å². The molecule has 4 nitrogen and oxygen atoms in total. The van der Waals surface area contributed by atoms with Gasteiger partial charge in [-0.25, -0.2) is 0 Å². The lowest BCUT2D eigenvalue weighted by atomic mass is 9.96. The van der Waals surface area contributed by atoms with Crippen molar-refractivity contribution < 1.29 is 9.59 Å². The number of carbonyl (C=O) groups is 2. The number of nitrogens with zero attached hydrogens (tertiary/aromatic N) is 1. The summed E-state index contributed by atoms with van der Waals surface area (Å²) in [5.41, 5.74) is 0.719. The van der Waals surface area contributed by atoms with Crippen LogP contribution in [0.1, 0.15) is 19.8 Å². The lowest BCUT2D eigenvalue weighted by molar-refractivity contribution is -0.132. The van der Waals surface area contributed by atoms with Gasteiger partial charge in [-0.3, -0.25) is 9.59 Å². The molecular weight excluding hydrogens is 308 g/mol. The molecule has 1 aromatic carbocycles. The van der Waals surface area contributed by atoms with Crippen LogP contribution < -0.4 is 5.32 Å². The van der Waals surface area contributed by atoms with E-state index < -0.39 is 0 Å². The maximum Gasteiger partial charge on any atom is 0.227 e. The molecule has 21 heavy (non-hydrogen) atoms. The second-order valence-corrected chi connectivity index (χ2v) is 6.37. The van der Waals surface area contributed by atoms with Crippen LogP contribution in [0.25, 0.3) is 0 Å². The average molecular weight is 327 g/mol. The van der Waals surface area contributed by atoms with Crippen LogP contribution in [0.4, 0.5) is 5.69 Å². The van der Waals surface area contributed by atoms with Gasteiger partial charge in [-0.1, -0.05) is 11.6 Å². The summed E-state index contributed by atoms with van der Waals surface area (Å²) in [7, 11) is 0. The number of halogens is 1. The first-order valence-electron chi connectivity index (χ1n) is 6.91. The number of piperidine rings is 1. The number of likely N-dealkylation sites (tertiary alicyclic amines) is 1. The van der Waals surface area contributed by atoms with Crippen molar-refractivity contribution in [2.24, 2.45) is 5.92 Å². The average Bonchev–Trinajstić information content (AvgIpc) is 2.47. The Hall–Kier alpha value is -1.20. The SMILES string of the molecule is CSc1ccc(NC(=O)C2CCN(C(C)=O)CC2)cc1Cl. The summed E-state index contributed by atoms with van der Waals surface area (Å²) in [6, 6.07) is 5.54. The second-order valence-electron chi connectivity index (χ2n) is 5.12. The summed E-state index contributed by atoms with van der Waals surface area (Å²) in [5, 5.41) is 3.56. The van der Waals surface area contributed by atoms with Gasteiger partial charge in [0, 0.05) is 36.5 Å². The van der Waals surface area contributed by atoms with Crippen LogP contribution in [-0.2, 0) is 9.59 Å². The van der Waals surface area contributed by atoms with E-state index in [1.807, 2.05) is 18.4 Å². The van der Waals surface area contributed by atoms with Crippen molar-refractivity contribution in [3.8, 4) is 0 Å². The number of thioether (sulfide) groups is 1. The molecule has 0 aromatic heterocycles. The molecule has 2 amide bonds. The summed E-state index contributed by atoms with van der Waals surface area (Å²) < 4.78 is 0. The Morgan fingerprint density at radius 2 is 2.00 bits per heavy atom. The van der Waals surface area contributed by atoms with E-state index in [1.54, 1.807) is 29.7 Å². The highest BCUT2D eigenvalue weighted by Crippen LogP contribution is 2.28. The maximum atomic E-state index is 12.2. The highest BCUT2D eigenvalue weighted by atomic mass is 35.5. The number of carbonyl (C=O) groups excluding carboxylic acids is 2. The van der Waals surface area contributed by atoms with E-state index in [4.69, 9.17) is 11.6 Å². The lowest BCUT2D eigenvalue weighted by Gasteiger charge is -2.30. The number of nitrogens with one attached hydrogen (secondary N) is 1. The first-order chi connectivity index (χ1) is 10.0. The van der Waals surface area contributed by atoms with Crippen LogP contribution in [0.3, 0.4) is 0 Å². The van der Waals surface area contributed by atoms with Gasteiger partial charge in [0.2, 0.25) is 11.8 Å². The maximum absolute atomic E-state index is 12.2. The molecule has 1 aliphatic rings. The molecule has 6 heteroatoms. The van der Waals surface area contributed by atoms with Crippen molar-refractivity contribution >= 4 is 40.9 Å². The molecule has 0 atom stereocenters. The molecule has 1 N–H and O–H groups in total. The molecule has 1 aliphatic heterocycles. The van der Waals surface area contributed by atoms with E-state index in [0.717, 1.165) is 10.6 Å². The lowest BCUT2D eigenvalue weighted by Crippen LogP contribution is -2.40. The van der Waals surface area contributed by atoms with E-state index in [2.05, 4.69) is 5.32 Å². The monoisotopic (exact) mass is 326 g/mol. The predicted octanol–water partition coefficient (Wildman–Crippen LogP) is 3.26. The number of benzene rings is 1. The molecule has 1 fully saturated rings. The zero-order valence-corrected chi connectivity index (χ0v) is 13.8. The van der Waals surface area contributed by atoms with Crippen molar-refractivity contribution in [1.82, 2.24) is 4.90 Å². The van der Waals surface area contributed by atoms with Gasteiger partial charge in [-0.2, -0.15) is 0 Å². The third-order valence-electron chi connectivity index (χ3n) is 3.73. The fraction of sp³-hybridized carbons (Fsp3) is 0.467. The zero-order chi connectivity index (χ0) is 15.4. The van der Waals surface area contributed by atoms with Gasteiger partial charge in [0.1, 0.15) is 0 Å². The Labute approximate surface area is 134 Å². The molecule has 2 rings (SSSR count). The summed E-state index contributed by atoms with van der Waals surface area (Å²) in [5.74, 6) is 0.0408. The van der Waals surface area contributed by atoms with Crippen molar-refractivity contribution in [2.45, 2.75) is 24.7 Å². The largest absolute Gasteiger partial charge is 0.343 e. The zero-order valence-electron chi connectivity index (χ0n) is 12.2. The number of amides is 2. The van der Waals surface area contributed by atoms with Gasteiger partial charge in [0.25, 0.3) is 0 Å². The van der Waals surface area contributed by atoms with Gasteiger partial charge in [0.15, 0.2) is 0 Å². The Morgan fingerprint density at radius 3 is 2.52 bits per heavy atom. The van der Waals surface area contributed by atoms with Gasteiger partial charge in [-0.15, -0.1) is 11.8 Å². The van der Waals surface area contributed by atoms with Crippen molar-refractivity contribution in [3.63, 3.8) is 0 Å². The fourth-order valence-electron chi connectivity index (χ4n) is 2.45. The molecule has 114 valence electrons. The Balaban J connectivity index is 1.93. The van der Waals surface area contributed by atoms with Crippen molar-refractivity contribution in [1.29, 1.82) is 0 Å². The van der Waals surface area contributed by atoms with Crippen LogP contribution in [0.2, 0.25) is 5.02 Å². The summed E-state index contributed by atoms with van der Waals surface area (Å²) in [4.78, 5) is 26.3. The van der Waals surface area contributed by atoms with E-state index >= 15 is 0 Å². The van der Waals surface area contributed by atoms with Crippen LogP contribution in [0.15, 0.2) is 23.1 Å². The first kappa shape index (κ1) is 16.2. The minimum absolute atomic E-state index is 0.00571. The quantitative estimate of drug-likeness (QED) is 0.867. The summed E-state index contributed by atoms with van der Waals surface area (Å²) in [6.45, 7) is 2.87. The summed E-state index contributed by atoms with van der Waals surface area (Å²) >= 11 is 7.71. The fourth-order valence-corrected chi connectivity index (χ4v) is 3.32. The van der Waals surface area contributed by atoms with E-state index in [0.29, 0.717) is 31.0 Å². The van der Waals surface area contributed by atoms with Crippen molar-refractivity contribution in [2.75, 3.05) is 24.7 Å². The Bertz CT molecular complexity index is 542. The molecule has 0 bridgehead atoms. The number of hydrogen-bond acceptors (Lipinski definition) is 3. The number of rotatable bonds is 3. The number of hydrogen-bond donors (Lipinski definition) is 1. The van der Waals surface area contributed by atoms with Crippen LogP contribution in [0, 0.1) is 5.92 Å². The highest BCUT2D eigenvalue weighted by Gasteiger charge is 2.26. The Morgan fingerprint density at radius 1 is 1.33 bits per heavy atom. The van der Waals surface area contributed by atoms with Crippen molar-refractivity contribution in [3.05, 3.63) is 23.2 Å². The molecule has 0 radical (unpaired) electrons. The molecule has 1 aromatic rings. The third-order valence-corrected chi connectivity index (χ3v) is 4.95. The minimum Gasteiger partial charge on any atom is -0.343 e. The molecule has 0 unspecified atom stereocenters. The molecule has 0 aliphatic carbocycles. The first-order valence-corrected chi connectivity index (χ1v) is 8.51. The standard InChI is InChI=1S/C15H19ClN2O2S/c1-10(19)18-7-5-11(6-8-18)15(20)17-12-3-4-14(21-2)13(16)9-12/h3-4,9,11H,5-8H2,1-2H3,(H,17,20). The van der Waals surface area contributed by atoms with Crippen LogP contribution >= 0.6 is 23.4 Å². The predicted molar refractivity (Wildman–Crippen MR) is 86.8 cm³/mol. The van der Waals surface area contributed by atoms with Crippen LogP contribution in [0.5, 0.6) is 0 Å². The molecule has 1 saturated heterocycles. The minimum atomic E-state index is -0.0420. The van der Waals surface area contributed by atoms with E-state index in [-0.39, 0.29) is 17.7 Å². The van der Waals surface area contributed by atoms with Gasteiger partial charge in [-0.05, 0) is 37.3 Å². The highest BCUT2D eigenvalue weighted by molar-refractivity contribution is 7.98. The van der Waals surface area contributed by atoms with Gasteiger partial charge >= 0.3 is 0 Å². The molecule has 0 saturated carbocycles. The second kappa shape index (κ2) is 7.18. The van der Waals surface area contributed by atoms with E-state index in [1.165, 1.54) is 0 Å². The summed E-state index contributed by atoms with van der Waals surface area (Å²) in [6.07, 6.45) is 3.38. The smallest absolute Gasteiger partial charge is 0.227 e. The normalized spacial score (nSPS) is 15.9. The van der Waals surface area contributed by atoms with Gasteiger partial charge < -0.3 is 10.2 Å². The number of anilines is 1.